The van der Waals surface area contributed by atoms with E-state index in [1.54, 1.807) is 18.2 Å². The fourth-order valence-corrected chi connectivity index (χ4v) is 5.69. The van der Waals surface area contributed by atoms with Crippen molar-refractivity contribution in [2.75, 3.05) is 18.0 Å². The molecular weight excluding hydrogens is 569 g/mol. The van der Waals surface area contributed by atoms with E-state index in [0.717, 1.165) is 9.87 Å². The molecule has 220 valence electrons. The summed E-state index contributed by atoms with van der Waals surface area (Å²) in [5.74, 6) is -1.37. The minimum absolute atomic E-state index is 0.0361. The minimum Gasteiger partial charge on any atom is -0.495 e. The number of benzene rings is 3. The number of halogens is 2. The van der Waals surface area contributed by atoms with E-state index >= 15 is 0 Å². The number of rotatable bonds is 12. The zero-order valence-electron chi connectivity index (χ0n) is 23.7. The lowest BCUT2D eigenvalue weighted by Gasteiger charge is -2.32. The second-order valence-corrected chi connectivity index (χ2v) is 12.0. The monoisotopic (exact) mass is 603 g/mol. The van der Waals surface area contributed by atoms with E-state index < -0.39 is 40.2 Å². The Hall–Kier alpha value is -3.63. The fourth-order valence-electron chi connectivity index (χ4n) is 4.03. The van der Waals surface area contributed by atoms with Gasteiger partial charge in [-0.25, -0.2) is 12.8 Å². The van der Waals surface area contributed by atoms with Gasteiger partial charge in [0.15, 0.2) is 0 Å². The normalized spacial score (nSPS) is 12.8. The van der Waals surface area contributed by atoms with Crippen LogP contribution in [0.3, 0.4) is 0 Å². The molecule has 0 bridgehead atoms. The molecule has 11 heteroatoms. The summed E-state index contributed by atoms with van der Waals surface area (Å²) in [5, 5.41) is 2.99. The quantitative estimate of drug-likeness (QED) is 0.302. The summed E-state index contributed by atoms with van der Waals surface area (Å²) in [5.41, 5.74) is 1.16. The summed E-state index contributed by atoms with van der Waals surface area (Å²) in [6.07, 6.45) is 0.667. The van der Waals surface area contributed by atoms with Crippen LogP contribution in [0.1, 0.15) is 38.3 Å². The SMILES string of the molecule is CC[C@H](C)NC(=O)[C@H](C)N(Cc1ccccc1F)C(=O)CN(c1ccc(OC)c(Cl)c1)S(=O)(=O)c1ccc(C)cc1. The molecule has 2 amide bonds. The number of amides is 2. The van der Waals surface area contributed by atoms with Crippen LogP contribution < -0.4 is 14.4 Å². The standard InChI is InChI=1S/C30H35ClFN3O5S/c1-6-21(3)33-30(37)22(4)34(18-23-9-7-8-10-27(23)32)29(36)19-35(24-13-16-28(40-5)26(31)17-24)41(38,39)25-14-11-20(2)12-15-25/h7-17,21-22H,6,18-19H2,1-5H3,(H,33,37)/t21-,22-/m0/s1. The Bertz CT molecular complexity index is 1480. The highest BCUT2D eigenvalue weighted by atomic mass is 35.5. The topological polar surface area (TPSA) is 96.0 Å². The molecule has 0 saturated carbocycles. The first-order valence-corrected chi connectivity index (χ1v) is 15.0. The molecule has 41 heavy (non-hydrogen) atoms. The van der Waals surface area contributed by atoms with Gasteiger partial charge in [-0.15, -0.1) is 0 Å². The van der Waals surface area contributed by atoms with Crippen LogP contribution in [0.2, 0.25) is 5.02 Å². The van der Waals surface area contributed by atoms with Gasteiger partial charge in [0.1, 0.15) is 24.2 Å². The van der Waals surface area contributed by atoms with Crippen molar-refractivity contribution in [1.82, 2.24) is 10.2 Å². The van der Waals surface area contributed by atoms with Crippen LogP contribution in [0.4, 0.5) is 10.1 Å². The minimum atomic E-state index is -4.27. The summed E-state index contributed by atoms with van der Waals surface area (Å²) in [6, 6.07) is 15.3. The zero-order chi connectivity index (χ0) is 30.3. The van der Waals surface area contributed by atoms with Gasteiger partial charge in [0, 0.05) is 18.2 Å². The first-order valence-electron chi connectivity index (χ1n) is 13.1. The third kappa shape index (κ3) is 7.77. The van der Waals surface area contributed by atoms with Gasteiger partial charge < -0.3 is 15.0 Å². The second-order valence-electron chi connectivity index (χ2n) is 9.75. The third-order valence-electron chi connectivity index (χ3n) is 6.78. The number of ether oxygens (including phenoxy) is 1. The van der Waals surface area contributed by atoms with Crippen molar-refractivity contribution in [3.8, 4) is 5.75 Å². The summed E-state index contributed by atoms with van der Waals surface area (Å²) in [7, 11) is -2.85. The van der Waals surface area contributed by atoms with Crippen LogP contribution in [0.5, 0.6) is 5.75 Å². The molecule has 0 aliphatic carbocycles. The fraction of sp³-hybridized carbons (Fsp3) is 0.333. The molecule has 0 saturated heterocycles. The number of aryl methyl sites for hydroxylation is 1. The van der Waals surface area contributed by atoms with Gasteiger partial charge in [0.05, 0.1) is 22.7 Å². The average Bonchev–Trinajstić information content (AvgIpc) is 2.95. The van der Waals surface area contributed by atoms with Crippen molar-refractivity contribution in [3.05, 3.63) is 88.7 Å². The largest absolute Gasteiger partial charge is 0.495 e. The highest BCUT2D eigenvalue weighted by Crippen LogP contribution is 2.32. The summed E-state index contributed by atoms with van der Waals surface area (Å²) >= 11 is 6.33. The lowest BCUT2D eigenvalue weighted by molar-refractivity contribution is -0.139. The van der Waals surface area contributed by atoms with Crippen LogP contribution in [-0.4, -0.2) is 50.9 Å². The molecule has 3 aromatic carbocycles. The van der Waals surface area contributed by atoms with Crippen LogP contribution in [-0.2, 0) is 26.2 Å². The molecule has 0 aliphatic heterocycles. The van der Waals surface area contributed by atoms with Gasteiger partial charge in [-0.3, -0.25) is 13.9 Å². The second kappa shape index (κ2) is 13.8. The molecule has 0 heterocycles. The van der Waals surface area contributed by atoms with E-state index in [4.69, 9.17) is 16.3 Å². The molecule has 0 fully saturated rings. The number of nitrogens with one attached hydrogen (secondary N) is 1. The molecule has 1 N–H and O–H groups in total. The van der Waals surface area contributed by atoms with Gasteiger partial charge >= 0.3 is 0 Å². The molecule has 0 aliphatic rings. The maximum Gasteiger partial charge on any atom is 0.264 e. The molecule has 0 unspecified atom stereocenters. The van der Waals surface area contributed by atoms with E-state index in [0.29, 0.717) is 12.2 Å². The summed E-state index contributed by atoms with van der Waals surface area (Å²) in [4.78, 5) is 28.2. The molecule has 3 aromatic rings. The average molecular weight is 604 g/mol. The highest BCUT2D eigenvalue weighted by Gasteiger charge is 2.33. The lowest BCUT2D eigenvalue weighted by atomic mass is 10.1. The van der Waals surface area contributed by atoms with Crippen molar-refractivity contribution in [1.29, 1.82) is 0 Å². The summed E-state index contributed by atoms with van der Waals surface area (Å²) in [6.45, 7) is 6.17. The maximum atomic E-state index is 14.7. The molecule has 3 rings (SSSR count). The van der Waals surface area contributed by atoms with Crippen molar-refractivity contribution in [2.24, 2.45) is 0 Å². The number of nitrogens with zero attached hydrogens (tertiary/aromatic N) is 2. The van der Waals surface area contributed by atoms with Gasteiger partial charge in [-0.1, -0.05) is 54.4 Å². The third-order valence-corrected chi connectivity index (χ3v) is 8.86. The van der Waals surface area contributed by atoms with Crippen molar-refractivity contribution < 1.29 is 27.1 Å². The Morgan fingerprint density at radius 3 is 2.29 bits per heavy atom. The maximum absolute atomic E-state index is 14.7. The number of anilines is 1. The Morgan fingerprint density at radius 2 is 1.71 bits per heavy atom. The number of sulfonamides is 1. The Kier molecular flexibility index (Phi) is 10.8. The van der Waals surface area contributed by atoms with E-state index in [-0.39, 0.29) is 33.8 Å². The number of carbonyl (C=O) groups is 2. The van der Waals surface area contributed by atoms with Crippen molar-refractivity contribution in [2.45, 2.75) is 57.6 Å². The number of carbonyl (C=O) groups excluding carboxylic acids is 2. The van der Waals surface area contributed by atoms with Crippen LogP contribution >= 0.6 is 11.6 Å². The van der Waals surface area contributed by atoms with Crippen LogP contribution in [0.25, 0.3) is 0 Å². The zero-order valence-corrected chi connectivity index (χ0v) is 25.3. The first-order chi connectivity index (χ1) is 19.4. The Morgan fingerprint density at radius 1 is 1.05 bits per heavy atom. The van der Waals surface area contributed by atoms with E-state index in [9.17, 15) is 22.4 Å². The Labute approximate surface area is 246 Å². The van der Waals surface area contributed by atoms with E-state index in [2.05, 4.69) is 5.32 Å². The number of hydrogen-bond acceptors (Lipinski definition) is 5. The predicted octanol–water partition coefficient (Wildman–Crippen LogP) is 5.32. The number of hydrogen-bond donors (Lipinski definition) is 1. The molecule has 0 radical (unpaired) electrons. The van der Waals surface area contributed by atoms with Gasteiger partial charge in [0.25, 0.3) is 10.0 Å². The van der Waals surface area contributed by atoms with Gasteiger partial charge in [-0.2, -0.15) is 0 Å². The molecule has 0 spiro atoms. The molecule has 0 aromatic heterocycles. The van der Waals surface area contributed by atoms with E-state index in [1.807, 2.05) is 20.8 Å². The Balaban J connectivity index is 2.07. The smallest absolute Gasteiger partial charge is 0.264 e. The molecule has 2 atom stereocenters. The number of methoxy groups -OCH3 is 1. The lowest BCUT2D eigenvalue weighted by Crippen LogP contribution is -2.52. The molecule has 8 nitrogen and oxygen atoms in total. The van der Waals surface area contributed by atoms with Gasteiger partial charge in [0.2, 0.25) is 11.8 Å². The van der Waals surface area contributed by atoms with Crippen LogP contribution in [0.15, 0.2) is 71.6 Å². The van der Waals surface area contributed by atoms with Crippen LogP contribution in [0, 0.1) is 12.7 Å². The first kappa shape index (κ1) is 31.9. The van der Waals surface area contributed by atoms with Crippen molar-refractivity contribution >= 4 is 39.1 Å². The highest BCUT2D eigenvalue weighted by molar-refractivity contribution is 7.92. The van der Waals surface area contributed by atoms with Crippen molar-refractivity contribution in [3.63, 3.8) is 0 Å². The predicted molar refractivity (Wildman–Crippen MR) is 158 cm³/mol. The van der Waals surface area contributed by atoms with E-state index in [1.165, 1.54) is 67.5 Å². The summed E-state index contributed by atoms with van der Waals surface area (Å²) < 4.78 is 48.6. The van der Waals surface area contributed by atoms with Gasteiger partial charge in [-0.05, 0) is 63.6 Å². The molecular formula is C30H35ClFN3O5S.